The lowest BCUT2D eigenvalue weighted by molar-refractivity contribution is -0.0549. The summed E-state index contributed by atoms with van der Waals surface area (Å²) < 4.78 is 21.8. The minimum atomic E-state index is -1.40. The number of nitrogens with zero attached hydrogens (tertiary/aromatic N) is 4. The van der Waals surface area contributed by atoms with Crippen molar-refractivity contribution in [2.45, 2.75) is 127 Å². The van der Waals surface area contributed by atoms with Gasteiger partial charge in [0.25, 0.3) is 0 Å². The predicted octanol–water partition coefficient (Wildman–Crippen LogP) is 1.29. The minimum absolute atomic E-state index is 0.0483. The molecule has 324 valence electrons. The minimum Gasteiger partial charge on any atom is -0.454 e. The molecule has 2 aromatic heterocycles. The van der Waals surface area contributed by atoms with Crippen LogP contribution in [0.25, 0.3) is 0 Å². The number of anilines is 2. The van der Waals surface area contributed by atoms with Gasteiger partial charge < -0.3 is 54.4 Å². The van der Waals surface area contributed by atoms with Crippen LogP contribution in [-0.4, -0.2) is 130 Å². The summed E-state index contributed by atoms with van der Waals surface area (Å²) in [4.78, 5) is 57.1. The van der Waals surface area contributed by atoms with Gasteiger partial charge in [0.15, 0.2) is 24.1 Å². The Hall–Kier alpha value is -3.97. The van der Waals surface area contributed by atoms with E-state index in [1.165, 1.54) is 43.8 Å². The summed E-state index contributed by atoms with van der Waals surface area (Å²) in [6.45, 7) is 4.00. The van der Waals surface area contributed by atoms with E-state index in [0.29, 0.717) is 6.61 Å². The lowest BCUT2D eigenvalue weighted by Crippen LogP contribution is -2.36. The van der Waals surface area contributed by atoms with E-state index in [4.69, 9.17) is 41.2 Å². The molecule has 0 aliphatic carbocycles. The molecule has 4 rings (SSSR count). The molecular weight excluding hydrogens is 784 g/mol. The summed E-state index contributed by atoms with van der Waals surface area (Å²) in [5.41, 5.74) is 1.64. The van der Waals surface area contributed by atoms with Gasteiger partial charge in [-0.15, -0.1) is 0 Å². The summed E-state index contributed by atoms with van der Waals surface area (Å²) in [6.07, 6.45) is 2.71. The lowest BCUT2D eigenvalue weighted by atomic mass is 10.1. The zero-order valence-corrected chi connectivity index (χ0v) is 32.6. The third kappa shape index (κ3) is 16.4. The number of aliphatic hydroxyl groups excluding tert-OH is 6. The number of nitrogens with one attached hydrogen (secondary N) is 2. The average Bonchev–Trinajstić information content (AvgIpc) is 3.65. The molecule has 23 heteroatoms. The van der Waals surface area contributed by atoms with Crippen molar-refractivity contribution in [1.29, 1.82) is 0 Å². The fourth-order valence-corrected chi connectivity index (χ4v) is 5.47. The van der Waals surface area contributed by atoms with E-state index in [0.717, 1.165) is 54.1 Å². The van der Waals surface area contributed by atoms with E-state index < -0.39 is 85.3 Å². The molecular formula is C34H55ClN6O16. The van der Waals surface area contributed by atoms with Gasteiger partial charge in [-0.3, -0.25) is 19.8 Å². The summed E-state index contributed by atoms with van der Waals surface area (Å²) in [5, 5.41) is 65.6. The molecule has 0 amide bonds. The summed E-state index contributed by atoms with van der Waals surface area (Å²) >= 11 is 4.96. The van der Waals surface area contributed by atoms with Gasteiger partial charge in [-0.1, -0.05) is 65.2 Å². The number of rotatable bonds is 19. The summed E-state index contributed by atoms with van der Waals surface area (Å²) in [5.74, 6) is -0.101. The van der Waals surface area contributed by atoms with E-state index >= 15 is 0 Å². The van der Waals surface area contributed by atoms with Crippen LogP contribution in [0.15, 0.2) is 34.1 Å². The van der Waals surface area contributed by atoms with Crippen LogP contribution in [0.4, 0.5) is 21.2 Å². The van der Waals surface area contributed by atoms with Crippen molar-refractivity contribution in [3.63, 3.8) is 0 Å². The molecule has 2 saturated heterocycles. The van der Waals surface area contributed by atoms with Crippen LogP contribution in [-0.2, 0) is 23.8 Å². The highest BCUT2D eigenvalue weighted by atomic mass is 35.5. The zero-order valence-electron chi connectivity index (χ0n) is 31.8. The molecule has 2 aliphatic rings. The van der Waals surface area contributed by atoms with E-state index in [1.807, 2.05) is 0 Å². The standard InChI is InChI=1S/C17H27N3O8.C9H13N3O6.C8H15ClO2/c1-2-3-4-5-6-9-26-17(25)28-19-12-7-8-20(16(24)18-12)15-14(23)13(22)11(10-21)27-15;13-3-4-6(14)7(15)8(18-4)12-2-1-5(11-17)10-9(12)16;1-2-3-4-5-6-7-11-8(9)10/h7-8,11,13-15,21-23H,2-6,9-10H2,1H3,(H,18,19,24);1-2,4,6-8,13-15,17H,3H2,(H,10,11,16);2-7H2,1H3/t11-,13+,14?,15-;4-,6+,7?,8-;/m11./s1. The molecule has 4 heterocycles. The molecule has 9 N–H and O–H groups in total. The summed E-state index contributed by atoms with van der Waals surface area (Å²) in [7, 11) is 0. The Labute approximate surface area is 332 Å². The fourth-order valence-electron chi connectivity index (χ4n) is 5.39. The first-order valence-corrected chi connectivity index (χ1v) is 19.0. The van der Waals surface area contributed by atoms with Gasteiger partial charge in [0.1, 0.15) is 36.6 Å². The van der Waals surface area contributed by atoms with Gasteiger partial charge in [-0.2, -0.15) is 15.4 Å². The van der Waals surface area contributed by atoms with Gasteiger partial charge in [0.2, 0.25) is 0 Å². The molecule has 0 aromatic carbocycles. The van der Waals surface area contributed by atoms with E-state index in [1.54, 1.807) is 5.48 Å². The first kappa shape index (κ1) is 49.2. The number of carbonyl (C=O) groups excluding carboxylic acids is 2. The van der Waals surface area contributed by atoms with Crippen molar-refractivity contribution in [2.75, 3.05) is 37.4 Å². The Morgan fingerprint density at radius 1 is 0.719 bits per heavy atom. The largest absolute Gasteiger partial charge is 0.533 e. The average molecular weight is 839 g/mol. The second-order valence-electron chi connectivity index (χ2n) is 12.8. The Morgan fingerprint density at radius 2 is 1.16 bits per heavy atom. The lowest BCUT2D eigenvalue weighted by Gasteiger charge is -2.17. The van der Waals surface area contributed by atoms with Crippen molar-refractivity contribution < 1.29 is 69.2 Å². The van der Waals surface area contributed by atoms with E-state index in [2.05, 4.69) is 38.9 Å². The number of hydrogen-bond acceptors (Lipinski definition) is 20. The second kappa shape index (κ2) is 26.9. The van der Waals surface area contributed by atoms with Crippen LogP contribution in [0.2, 0.25) is 0 Å². The molecule has 2 fully saturated rings. The first-order chi connectivity index (χ1) is 27.3. The molecule has 2 aromatic rings. The Balaban J connectivity index is 0.000000330. The van der Waals surface area contributed by atoms with Gasteiger partial charge in [0, 0.05) is 30.1 Å². The van der Waals surface area contributed by atoms with Gasteiger partial charge >= 0.3 is 23.0 Å². The monoisotopic (exact) mass is 838 g/mol. The Morgan fingerprint density at radius 3 is 1.56 bits per heavy atom. The van der Waals surface area contributed by atoms with Crippen LogP contribution < -0.4 is 22.3 Å². The van der Waals surface area contributed by atoms with Crippen LogP contribution >= 0.6 is 11.6 Å². The number of halogens is 1. The topological polar surface area (TPSA) is 316 Å². The maximum Gasteiger partial charge on any atom is 0.533 e. The van der Waals surface area contributed by atoms with Gasteiger partial charge in [-0.25, -0.2) is 19.2 Å². The van der Waals surface area contributed by atoms with Crippen LogP contribution in [0.5, 0.6) is 0 Å². The zero-order chi connectivity index (χ0) is 42.3. The molecule has 2 aliphatic heterocycles. The van der Waals surface area contributed by atoms with Crippen molar-refractivity contribution >= 4 is 34.8 Å². The second-order valence-corrected chi connectivity index (χ2v) is 13.1. The smallest absolute Gasteiger partial charge is 0.454 e. The number of ether oxygens (including phenoxy) is 4. The third-order valence-electron chi connectivity index (χ3n) is 8.53. The molecule has 8 atom stereocenters. The Kier molecular flexibility index (Phi) is 23.2. The molecule has 0 spiro atoms. The number of hydrogen-bond donors (Lipinski definition) is 9. The van der Waals surface area contributed by atoms with Crippen molar-refractivity contribution in [1.82, 2.24) is 19.1 Å². The van der Waals surface area contributed by atoms with Gasteiger partial charge in [0.05, 0.1) is 26.4 Å². The van der Waals surface area contributed by atoms with Crippen molar-refractivity contribution in [2.24, 2.45) is 0 Å². The molecule has 2 unspecified atom stereocenters. The Bertz CT molecular complexity index is 1590. The molecule has 0 radical (unpaired) electrons. The highest BCUT2D eigenvalue weighted by molar-refractivity contribution is 6.61. The first-order valence-electron chi connectivity index (χ1n) is 18.6. The van der Waals surface area contributed by atoms with Crippen LogP contribution in [0.3, 0.4) is 0 Å². The predicted molar refractivity (Wildman–Crippen MR) is 199 cm³/mol. The molecule has 22 nitrogen and oxygen atoms in total. The van der Waals surface area contributed by atoms with Crippen molar-refractivity contribution in [3.05, 3.63) is 45.5 Å². The summed E-state index contributed by atoms with van der Waals surface area (Å²) in [6, 6.07) is 2.60. The highest BCUT2D eigenvalue weighted by Crippen LogP contribution is 2.29. The number of aliphatic hydroxyl groups is 6. The maximum absolute atomic E-state index is 12.1. The normalized spacial score (nSPS) is 23.7. The number of unbranched alkanes of at least 4 members (excludes halogenated alkanes) is 8. The van der Waals surface area contributed by atoms with Crippen LogP contribution in [0, 0.1) is 0 Å². The fraction of sp³-hybridized carbons (Fsp3) is 0.706. The number of aromatic nitrogens is 4. The molecule has 0 saturated carbocycles. The quantitative estimate of drug-likeness (QED) is 0.0417. The van der Waals surface area contributed by atoms with Crippen LogP contribution in [0.1, 0.15) is 90.5 Å². The van der Waals surface area contributed by atoms with E-state index in [-0.39, 0.29) is 18.2 Å². The van der Waals surface area contributed by atoms with Gasteiger partial charge in [-0.05, 0) is 18.9 Å². The maximum atomic E-state index is 12.1. The van der Waals surface area contributed by atoms with E-state index in [9.17, 15) is 39.6 Å². The SMILES string of the molecule is CCCCCCCOC(=O)Cl.CCCCCCCOC(=O)ONc1ccn([C@@H]2O[C@H](CO)[C@H](O)C2O)c(=O)n1.O=c1nc(NO)ccn1[C@@H]1O[C@H](CO)[C@H](O)C1O. The molecule has 0 bridgehead atoms. The third-order valence-corrected chi connectivity index (χ3v) is 8.64. The highest BCUT2D eigenvalue weighted by Gasteiger charge is 2.44. The van der Waals surface area contributed by atoms with Crippen molar-refractivity contribution in [3.8, 4) is 0 Å². The number of carbonyl (C=O) groups is 2. The molecule has 57 heavy (non-hydrogen) atoms.